The minimum atomic E-state index is -0.340. The number of aliphatic hydroxyl groups excluding tert-OH is 1. The van der Waals surface area contributed by atoms with Crippen LogP contribution in [0.1, 0.15) is 23.7 Å². The maximum atomic E-state index is 12.3. The summed E-state index contributed by atoms with van der Waals surface area (Å²) in [5, 5.41) is 19.4. The van der Waals surface area contributed by atoms with E-state index < -0.39 is 0 Å². The highest BCUT2D eigenvalue weighted by molar-refractivity contribution is 5.95. The van der Waals surface area contributed by atoms with Gasteiger partial charge in [-0.25, -0.2) is 0 Å². The molecule has 2 N–H and O–H groups in total. The Labute approximate surface area is 112 Å². The van der Waals surface area contributed by atoms with E-state index in [4.69, 9.17) is 4.74 Å². The molecule has 1 fully saturated rings. The van der Waals surface area contributed by atoms with E-state index in [0.717, 1.165) is 0 Å². The number of hydrogen-bond acceptors (Lipinski definition) is 4. The molecule has 1 heterocycles. The number of methoxy groups -OCH3 is 1. The van der Waals surface area contributed by atoms with Crippen LogP contribution in [0.4, 0.5) is 0 Å². The Balaban J connectivity index is 2.13. The van der Waals surface area contributed by atoms with Crippen LogP contribution in [0, 0.1) is 5.92 Å². The van der Waals surface area contributed by atoms with Crippen molar-refractivity contribution < 1.29 is 19.7 Å². The third kappa shape index (κ3) is 2.81. The highest BCUT2D eigenvalue weighted by atomic mass is 16.5. The number of benzene rings is 1. The fraction of sp³-hybridized carbons (Fsp3) is 0.500. The summed E-state index contributed by atoms with van der Waals surface area (Å²) < 4.78 is 4.95. The first kappa shape index (κ1) is 13.7. The number of piperidine rings is 1. The van der Waals surface area contributed by atoms with Crippen LogP contribution in [0.5, 0.6) is 11.5 Å². The second-order valence-corrected chi connectivity index (χ2v) is 4.97. The lowest BCUT2D eigenvalue weighted by atomic mass is 9.96. The Kier molecular flexibility index (Phi) is 3.95. The van der Waals surface area contributed by atoms with Gasteiger partial charge in [0, 0.05) is 18.7 Å². The second-order valence-electron chi connectivity index (χ2n) is 4.97. The van der Waals surface area contributed by atoms with Gasteiger partial charge in [0.2, 0.25) is 0 Å². The van der Waals surface area contributed by atoms with Crippen LogP contribution in [0.15, 0.2) is 18.2 Å². The number of carbonyl (C=O) groups excluding carboxylic acids is 1. The Morgan fingerprint density at radius 2 is 2.21 bits per heavy atom. The van der Waals surface area contributed by atoms with Gasteiger partial charge in [0.1, 0.15) is 0 Å². The lowest BCUT2D eigenvalue weighted by Gasteiger charge is -2.34. The third-order valence-corrected chi connectivity index (χ3v) is 3.57. The zero-order chi connectivity index (χ0) is 14.0. The van der Waals surface area contributed by atoms with Crippen molar-refractivity contribution in [3.63, 3.8) is 0 Å². The summed E-state index contributed by atoms with van der Waals surface area (Å²) in [4.78, 5) is 14.0. The van der Waals surface area contributed by atoms with Crippen molar-refractivity contribution in [1.82, 2.24) is 4.90 Å². The first-order valence-corrected chi connectivity index (χ1v) is 6.37. The van der Waals surface area contributed by atoms with E-state index in [9.17, 15) is 15.0 Å². The number of likely N-dealkylation sites (tertiary alicyclic amines) is 1. The lowest BCUT2D eigenvalue weighted by Crippen LogP contribution is -2.44. The van der Waals surface area contributed by atoms with E-state index in [-0.39, 0.29) is 23.7 Å². The molecule has 5 heteroatoms. The molecule has 1 aromatic rings. The molecule has 1 aliphatic heterocycles. The summed E-state index contributed by atoms with van der Waals surface area (Å²) in [5.41, 5.74) is 0.432. The summed E-state index contributed by atoms with van der Waals surface area (Å²) in [6.45, 7) is 3.00. The molecule has 0 aromatic heterocycles. The van der Waals surface area contributed by atoms with E-state index in [1.54, 1.807) is 17.0 Å². The van der Waals surface area contributed by atoms with Crippen molar-refractivity contribution in [2.45, 2.75) is 19.4 Å². The summed E-state index contributed by atoms with van der Waals surface area (Å²) in [5.74, 6) is 0.249. The molecule has 1 amide bonds. The largest absolute Gasteiger partial charge is 0.504 e. The van der Waals surface area contributed by atoms with Gasteiger partial charge < -0.3 is 19.8 Å². The zero-order valence-electron chi connectivity index (χ0n) is 11.2. The van der Waals surface area contributed by atoms with Gasteiger partial charge in [0.05, 0.1) is 13.2 Å². The van der Waals surface area contributed by atoms with Crippen LogP contribution in [0.2, 0.25) is 0 Å². The van der Waals surface area contributed by atoms with Gasteiger partial charge in [-0.05, 0) is 30.5 Å². The monoisotopic (exact) mass is 265 g/mol. The number of rotatable bonds is 2. The number of carbonyl (C=O) groups is 1. The molecule has 0 aliphatic carbocycles. The van der Waals surface area contributed by atoms with E-state index in [1.807, 2.05) is 6.92 Å². The standard InChI is InChI=1S/C14H19NO4/c1-9-8-15(6-5-11(9)16)14(18)10-3-4-13(19-2)12(17)7-10/h3-4,7,9,11,16-17H,5-6,8H2,1-2H3. The minimum Gasteiger partial charge on any atom is -0.504 e. The molecule has 1 aromatic carbocycles. The van der Waals surface area contributed by atoms with Crippen molar-refractivity contribution in [1.29, 1.82) is 0 Å². The first-order valence-electron chi connectivity index (χ1n) is 6.37. The molecule has 0 saturated carbocycles. The zero-order valence-corrected chi connectivity index (χ0v) is 11.2. The van der Waals surface area contributed by atoms with Crippen molar-refractivity contribution in [3.05, 3.63) is 23.8 Å². The molecule has 2 atom stereocenters. The maximum Gasteiger partial charge on any atom is 0.254 e. The number of aliphatic hydroxyl groups is 1. The first-order chi connectivity index (χ1) is 9.02. The second kappa shape index (κ2) is 5.48. The van der Waals surface area contributed by atoms with E-state index >= 15 is 0 Å². The predicted molar refractivity (Wildman–Crippen MR) is 70.4 cm³/mol. The summed E-state index contributed by atoms with van der Waals surface area (Å²) >= 11 is 0. The van der Waals surface area contributed by atoms with E-state index in [0.29, 0.717) is 30.8 Å². The number of nitrogens with zero attached hydrogens (tertiary/aromatic N) is 1. The van der Waals surface area contributed by atoms with Crippen LogP contribution < -0.4 is 4.74 Å². The van der Waals surface area contributed by atoms with Gasteiger partial charge in [-0.1, -0.05) is 6.92 Å². The molecule has 5 nitrogen and oxygen atoms in total. The molecule has 19 heavy (non-hydrogen) atoms. The molecule has 0 bridgehead atoms. The number of phenols is 1. The highest BCUT2D eigenvalue weighted by Gasteiger charge is 2.28. The SMILES string of the molecule is COc1ccc(C(=O)N2CCC(O)C(C)C2)cc1O. The number of aromatic hydroxyl groups is 1. The van der Waals surface area contributed by atoms with Crippen molar-refractivity contribution in [2.24, 2.45) is 5.92 Å². The molecule has 104 valence electrons. The van der Waals surface area contributed by atoms with E-state index in [1.165, 1.54) is 13.2 Å². The molecular formula is C14H19NO4. The van der Waals surface area contributed by atoms with Gasteiger partial charge in [0.15, 0.2) is 11.5 Å². The average molecular weight is 265 g/mol. The minimum absolute atomic E-state index is 0.0431. The summed E-state index contributed by atoms with van der Waals surface area (Å²) in [7, 11) is 1.46. The van der Waals surface area contributed by atoms with Crippen LogP contribution in [-0.2, 0) is 0 Å². The average Bonchev–Trinajstić information content (AvgIpc) is 2.41. The maximum absolute atomic E-state index is 12.3. The van der Waals surface area contributed by atoms with Crippen LogP contribution in [0.25, 0.3) is 0 Å². The Bertz CT molecular complexity index is 475. The van der Waals surface area contributed by atoms with Gasteiger partial charge in [-0.15, -0.1) is 0 Å². The highest BCUT2D eigenvalue weighted by Crippen LogP contribution is 2.27. The normalized spacial score (nSPS) is 23.2. The van der Waals surface area contributed by atoms with Gasteiger partial charge in [-0.3, -0.25) is 4.79 Å². The van der Waals surface area contributed by atoms with Crippen LogP contribution in [0.3, 0.4) is 0 Å². The van der Waals surface area contributed by atoms with Crippen LogP contribution in [-0.4, -0.2) is 47.3 Å². The molecule has 1 saturated heterocycles. The fourth-order valence-electron chi connectivity index (χ4n) is 2.32. The molecule has 0 spiro atoms. The number of hydrogen-bond donors (Lipinski definition) is 2. The Morgan fingerprint density at radius 3 is 2.79 bits per heavy atom. The van der Waals surface area contributed by atoms with E-state index in [2.05, 4.69) is 0 Å². The summed E-state index contributed by atoms with van der Waals surface area (Å²) in [6, 6.07) is 4.62. The fourth-order valence-corrected chi connectivity index (χ4v) is 2.32. The van der Waals surface area contributed by atoms with Gasteiger partial charge in [0.25, 0.3) is 5.91 Å². The Morgan fingerprint density at radius 1 is 1.47 bits per heavy atom. The van der Waals surface area contributed by atoms with Crippen molar-refractivity contribution >= 4 is 5.91 Å². The molecule has 1 aliphatic rings. The van der Waals surface area contributed by atoms with Crippen LogP contribution >= 0.6 is 0 Å². The third-order valence-electron chi connectivity index (χ3n) is 3.57. The molecule has 2 unspecified atom stereocenters. The summed E-state index contributed by atoms with van der Waals surface area (Å²) in [6.07, 6.45) is 0.253. The smallest absolute Gasteiger partial charge is 0.254 e. The molecular weight excluding hydrogens is 246 g/mol. The van der Waals surface area contributed by atoms with Crippen molar-refractivity contribution in [2.75, 3.05) is 20.2 Å². The lowest BCUT2D eigenvalue weighted by molar-refractivity contribution is 0.0297. The molecule has 0 radical (unpaired) electrons. The van der Waals surface area contributed by atoms with Gasteiger partial charge >= 0.3 is 0 Å². The number of amides is 1. The quantitative estimate of drug-likeness (QED) is 0.844. The predicted octanol–water partition coefficient (Wildman–Crippen LogP) is 1.24. The van der Waals surface area contributed by atoms with Gasteiger partial charge in [-0.2, -0.15) is 0 Å². The molecule has 2 rings (SSSR count). The Hall–Kier alpha value is -1.75. The number of phenolic OH excluding ortho intramolecular Hbond substituents is 1. The number of ether oxygens (including phenoxy) is 1. The topological polar surface area (TPSA) is 70.0 Å². The van der Waals surface area contributed by atoms with Crippen molar-refractivity contribution in [3.8, 4) is 11.5 Å².